The van der Waals surface area contributed by atoms with Gasteiger partial charge in [-0.25, -0.2) is 4.39 Å². The third-order valence-electron chi connectivity index (χ3n) is 2.33. The number of amides is 1. The lowest BCUT2D eigenvalue weighted by molar-refractivity contribution is 0.0935. The largest absolute Gasteiger partial charge is 0.351 e. The zero-order chi connectivity index (χ0) is 14.5. The number of benzene rings is 1. The highest BCUT2D eigenvalue weighted by atomic mass is 19.1. The maximum atomic E-state index is 13.8. The van der Waals surface area contributed by atoms with E-state index in [0.29, 0.717) is 12.1 Å². The molecule has 1 rings (SSSR count). The molecule has 3 nitrogen and oxygen atoms in total. The summed E-state index contributed by atoms with van der Waals surface area (Å²) < 4.78 is 13.8. The summed E-state index contributed by atoms with van der Waals surface area (Å²) in [5, 5.41) is 2.71. The van der Waals surface area contributed by atoms with E-state index >= 15 is 0 Å². The van der Waals surface area contributed by atoms with E-state index in [1.54, 1.807) is 6.07 Å². The molecule has 0 radical (unpaired) electrons. The molecule has 4 heteroatoms. The fourth-order valence-corrected chi connectivity index (χ4v) is 1.37. The molecule has 1 aromatic carbocycles. The molecule has 0 aliphatic carbocycles. The first-order valence-corrected chi connectivity index (χ1v) is 6.10. The summed E-state index contributed by atoms with van der Waals surface area (Å²) in [6.07, 6.45) is 0. The van der Waals surface area contributed by atoms with Gasteiger partial charge in [-0.2, -0.15) is 0 Å². The number of nitrogens with two attached hydrogens (primary N) is 1. The second-order valence-electron chi connectivity index (χ2n) is 5.44. The number of hydrogen-bond donors (Lipinski definition) is 2. The molecule has 0 bridgehead atoms. The molecule has 19 heavy (non-hydrogen) atoms. The van der Waals surface area contributed by atoms with Gasteiger partial charge >= 0.3 is 0 Å². The van der Waals surface area contributed by atoms with Crippen molar-refractivity contribution in [2.45, 2.75) is 20.8 Å². The standard InChI is InChI=1S/C15H19FN2O/c1-15(2,3)10-18-14(19)12-7-6-11(5-4-8-17)9-13(12)16/h6-7,9H,8,10,17H2,1-3H3,(H,18,19). The fourth-order valence-electron chi connectivity index (χ4n) is 1.37. The molecule has 0 aliphatic heterocycles. The fraction of sp³-hybridized carbons (Fsp3) is 0.400. The highest BCUT2D eigenvalue weighted by Crippen LogP contribution is 2.13. The first kappa shape index (κ1) is 15.2. The van der Waals surface area contributed by atoms with Crippen LogP contribution in [0.15, 0.2) is 18.2 Å². The summed E-state index contributed by atoms with van der Waals surface area (Å²) in [6, 6.07) is 4.29. The van der Waals surface area contributed by atoms with E-state index in [1.807, 2.05) is 20.8 Å². The lowest BCUT2D eigenvalue weighted by atomic mass is 9.97. The average molecular weight is 262 g/mol. The smallest absolute Gasteiger partial charge is 0.254 e. The van der Waals surface area contributed by atoms with Gasteiger partial charge in [0.2, 0.25) is 0 Å². The topological polar surface area (TPSA) is 55.1 Å². The lowest BCUT2D eigenvalue weighted by Crippen LogP contribution is -2.32. The van der Waals surface area contributed by atoms with Crippen LogP contribution in [0.25, 0.3) is 0 Å². The Morgan fingerprint density at radius 2 is 2.11 bits per heavy atom. The van der Waals surface area contributed by atoms with Crippen molar-refractivity contribution < 1.29 is 9.18 Å². The number of carbonyl (C=O) groups is 1. The van der Waals surface area contributed by atoms with Gasteiger partial charge < -0.3 is 11.1 Å². The predicted molar refractivity (Wildman–Crippen MR) is 74.1 cm³/mol. The van der Waals surface area contributed by atoms with Crippen molar-refractivity contribution in [3.63, 3.8) is 0 Å². The minimum absolute atomic E-state index is 0.0301. The first-order valence-electron chi connectivity index (χ1n) is 6.10. The molecule has 3 N–H and O–H groups in total. The van der Waals surface area contributed by atoms with E-state index < -0.39 is 11.7 Å². The highest BCUT2D eigenvalue weighted by Gasteiger charge is 2.15. The van der Waals surface area contributed by atoms with Gasteiger partial charge in [0.1, 0.15) is 5.82 Å². The molecule has 0 unspecified atom stereocenters. The summed E-state index contributed by atoms with van der Waals surface area (Å²) in [6.45, 7) is 6.69. The Kier molecular flexibility index (Phi) is 5.08. The van der Waals surface area contributed by atoms with Crippen molar-refractivity contribution in [2.75, 3.05) is 13.1 Å². The minimum Gasteiger partial charge on any atom is -0.351 e. The zero-order valence-electron chi connectivity index (χ0n) is 11.5. The van der Waals surface area contributed by atoms with Gasteiger partial charge in [0.15, 0.2) is 0 Å². The number of rotatable bonds is 2. The Morgan fingerprint density at radius 3 is 2.63 bits per heavy atom. The van der Waals surface area contributed by atoms with Crippen LogP contribution in [0.5, 0.6) is 0 Å². The van der Waals surface area contributed by atoms with Crippen LogP contribution in [0.1, 0.15) is 36.7 Å². The molecule has 1 aromatic rings. The Hall–Kier alpha value is -1.86. The maximum Gasteiger partial charge on any atom is 0.254 e. The van der Waals surface area contributed by atoms with E-state index in [0.717, 1.165) is 0 Å². The van der Waals surface area contributed by atoms with Crippen LogP contribution in [0.2, 0.25) is 0 Å². The summed E-state index contributed by atoms with van der Waals surface area (Å²) in [4.78, 5) is 11.8. The van der Waals surface area contributed by atoms with Crippen LogP contribution in [0.3, 0.4) is 0 Å². The Balaban J connectivity index is 2.82. The van der Waals surface area contributed by atoms with Crippen LogP contribution >= 0.6 is 0 Å². The van der Waals surface area contributed by atoms with Gasteiger partial charge in [-0.05, 0) is 23.6 Å². The van der Waals surface area contributed by atoms with Crippen molar-refractivity contribution in [3.8, 4) is 11.8 Å². The Morgan fingerprint density at radius 1 is 1.42 bits per heavy atom. The van der Waals surface area contributed by atoms with E-state index in [2.05, 4.69) is 17.2 Å². The average Bonchev–Trinajstić information content (AvgIpc) is 2.32. The van der Waals surface area contributed by atoms with Crippen LogP contribution in [0.4, 0.5) is 4.39 Å². The molecule has 0 spiro atoms. The van der Waals surface area contributed by atoms with E-state index in [-0.39, 0.29) is 17.5 Å². The van der Waals surface area contributed by atoms with Crippen LogP contribution in [-0.4, -0.2) is 19.0 Å². The van der Waals surface area contributed by atoms with Crippen LogP contribution in [0, 0.1) is 23.1 Å². The molecule has 0 heterocycles. The Bertz CT molecular complexity index is 521. The second kappa shape index (κ2) is 6.35. The summed E-state index contributed by atoms with van der Waals surface area (Å²) in [5.74, 6) is 4.37. The van der Waals surface area contributed by atoms with Gasteiger partial charge in [-0.15, -0.1) is 0 Å². The number of nitrogens with one attached hydrogen (secondary N) is 1. The number of carbonyl (C=O) groups excluding carboxylic acids is 1. The number of hydrogen-bond acceptors (Lipinski definition) is 2. The second-order valence-corrected chi connectivity index (χ2v) is 5.44. The number of halogens is 1. The lowest BCUT2D eigenvalue weighted by Gasteiger charge is -2.18. The predicted octanol–water partition coefficient (Wildman–Crippen LogP) is 1.91. The van der Waals surface area contributed by atoms with Crippen molar-refractivity contribution in [1.82, 2.24) is 5.32 Å². The molecule has 0 fully saturated rings. The van der Waals surface area contributed by atoms with E-state index in [4.69, 9.17) is 5.73 Å². The molecular weight excluding hydrogens is 243 g/mol. The monoisotopic (exact) mass is 262 g/mol. The normalized spacial score (nSPS) is 10.6. The van der Waals surface area contributed by atoms with Crippen molar-refractivity contribution in [2.24, 2.45) is 11.1 Å². The van der Waals surface area contributed by atoms with Gasteiger partial charge in [0.25, 0.3) is 5.91 Å². The highest BCUT2D eigenvalue weighted by molar-refractivity contribution is 5.94. The quantitative estimate of drug-likeness (QED) is 0.800. The van der Waals surface area contributed by atoms with Gasteiger partial charge in [-0.1, -0.05) is 32.6 Å². The molecule has 0 saturated heterocycles. The van der Waals surface area contributed by atoms with Crippen LogP contribution < -0.4 is 11.1 Å². The molecule has 1 amide bonds. The molecular formula is C15H19FN2O. The minimum atomic E-state index is -0.574. The Labute approximate surface area is 113 Å². The summed E-state index contributed by atoms with van der Waals surface area (Å²) in [7, 11) is 0. The molecule has 0 aliphatic rings. The van der Waals surface area contributed by atoms with Crippen molar-refractivity contribution >= 4 is 5.91 Å². The van der Waals surface area contributed by atoms with Crippen molar-refractivity contribution in [1.29, 1.82) is 0 Å². The zero-order valence-corrected chi connectivity index (χ0v) is 11.5. The van der Waals surface area contributed by atoms with Gasteiger partial charge in [-0.3, -0.25) is 4.79 Å². The van der Waals surface area contributed by atoms with E-state index in [1.165, 1.54) is 12.1 Å². The third-order valence-corrected chi connectivity index (χ3v) is 2.33. The first-order chi connectivity index (χ1) is 8.83. The molecule has 0 aromatic heterocycles. The summed E-state index contributed by atoms with van der Waals surface area (Å²) in [5.41, 5.74) is 5.74. The molecule has 0 atom stereocenters. The summed E-state index contributed by atoms with van der Waals surface area (Å²) >= 11 is 0. The van der Waals surface area contributed by atoms with Crippen molar-refractivity contribution in [3.05, 3.63) is 35.1 Å². The third kappa shape index (κ3) is 5.11. The van der Waals surface area contributed by atoms with E-state index in [9.17, 15) is 9.18 Å². The molecule has 102 valence electrons. The molecule has 0 saturated carbocycles. The van der Waals surface area contributed by atoms with Crippen LogP contribution in [-0.2, 0) is 0 Å². The SMILES string of the molecule is CC(C)(C)CNC(=O)c1ccc(C#CCN)cc1F. The maximum absolute atomic E-state index is 13.8. The van der Waals surface area contributed by atoms with Gasteiger partial charge in [0, 0.05) is 12.1 Å². The van der Waals surface area contributed by atoms with Gasteiger partial charge in [0.05, 0.1) is 12.1 Å².